The predicted octanol–water partition coefficient (Wildman–Crippen LogP) is 0.784. The van der Waals surface area contributed by atoms with Crippen molar-refractivity contribution >= 4 is 8.19 Å². The summed E-state index contributed by atoms with van der Waals surface area (Å²) < 4.78 is 0. The SMILES string of the molecule is O=c1cccc(O)[pH]1. The van der Waals surface area contributed by atoms with Gasteiger partial charge in [-0.15, -0.1) is 0 Å². The molecule has 0 aliphatic heterocycles. The van der Waals surface area contributed by atoms with Crippen LogP contribution < -0.4 is 5.16 Å². The summed E-state index contributed by atoms with van der Waals surface area (Å²) in [6.07, 6.45) is 0. The molecule has 1 aromatic rings. The molecule has 0 bridgehead atoms. The number of hydrogen-bond donors (Lipinski definition) is 1. The van der Waals surface area contributed by atoms with E-state index in [1.54, 1.807) is 6.07 Å². The van der Waals surface area contributed by atoms with Crippen molar-refractivity contribution in [1.29, 1.82) is 0 Å². The van der Waals surface area contributed by atoms with E-state index in [-0.39, 0.29) is 18.8 Å². The zero-order valence-electron chi connectivity index (χ0n) is 4.09. The Labute approximate surface area is 47.9 Å². The van der Waals surface area contributed by atoms with Crippen LogP contribution in [0.4, 0.5) is 0 Å². The standard InChI is InChI=1S/C5H5O2P/c6-4-2-1-3-5(7)8-4/h1-3,6,8H. The molecular formula is C5H5O2P. The van der Waals surface area contributed by atoms with Crippen molar-refractivity contribution in [2.45, 2.75) is 0 Å². The molecule has 0 aliphatic carbocycles. The Kier molecular flexibility index (Phi) is 1.36. The second-order valence-corrected chi connectivity index (χ2v) is 2.66. The molecule has 42 valence electrons. The van der Waals surface area contributed by atoms with Crippen LogP contribution in [-0.4, -0.2) is 5.11 Å². The Morgan fingerprint density at radius 3 is 2.62 bits per heavy atom. The molecule has 0 aromatic carbocycles. The molecule has 0 saturated heterocycles. The molecule has 0 fully saturated rings. The van der Waals surface area contributed by atoms with E-state index < -0.39 is 0 Å². The quantitative estimate of drug-likeness (QED) is 0.560. The Morgan fingerprint density at radius 2 is 2.25 bits per heavy atom. The topological polar surface area (TPSA) is 37.3 Å². The van der Waals surface area contributed by atoms with Crippen LogP contribution in [0, 0.1) is 0 Å². The minimum Gasteiger partial charge on any atom is -0.505 e. The zero-order chi connectivity index (χ0) is 5.98. The molecule has 8 heavy (non-hydrogen) atoms. The summed E-state index contributed by atoms with van der Waals surface area (Å²) >= 11 is 0. The summed E-state index contributed by atoms with van der Waals surface area (Å²) in [6.45, 7) is 0. The van der Waals surface area contributed by atoms with Crippen LogP contribution in [0.25, 0.3) is 0 Å². The van der Waals surface area contributed by atoms with E-state index in [2.05, 4.69) is 0 Å². The highest BCUT2D eigenvalue weighted by Gasteiger charge is 1.82. The summed E-state index contributed by atoms with van der Waals surface area (Å²) in [6, 6.07) is 4.53. The minimum atomic E-state index is -0.0598. The van der Waals surface area contributed by atoms with Gasteiger partial charge in [0.1, 0.15) is 5.48 Å². The van der Waals surface area contributed by atoms with E-state index in [1.165, 1.54) is 12.1 Å². The Bertz CT molecular complexity index is 228. The normalized spacial score (nSPS) is 10.0. The monoisotopic (exact) mass is 128 g/mol. The van der Waals surface area contributed by atoms with Crippen LogP contribution >= 0.6 is 8.19 Å². The van der Waals surface area contributed by atoms with Crippen LogP contribution in [0.5, 0.6) is 5.48 Å². The molecule has 1 atom stereocenters. The maximum atomic E-state index is 10.4. The van der Waals surface area contributed by atoms with Gasteiger partial charge in [-0.2, -0.15) is 0 Å². The predicted molar refractivity (Wildman–Crippen MR) is 33.9 cm³/mol. The molecule has 0 amide bonds. The van der Waals surface area contributed by atoms with Gasteiger partial charge in [-0.25, -0.2) is 0 Å². The first kappa shape index (κ1) is 5.39. The molecule has 0 spiro atoms. The van der Waals surface area contributed by atoms with Gasteiger partial charge >= 0.3 is 0 Å². The van der Waals surface area contributed by atoms with Gasteiger partial charge in [-0.3, -0.25) is 4.79 Å². The summed E-state index contributed by atoms with van der Waals surface area (Å²) in [4.78, 5) is 10.4. The lowest BCUT2D eigenvalue weighted by Gasteiger charge is -1.82. The van der Waals surface area contributed by atoms with Gasteiger partial charge in [0.25, 0.3) is 0 Å². The highest BCUT2D eigenvalue weighted by Crippen LogP contribution is 2.13. The fraction of sp³-hybridized carbons (Fsp3) is 0. The summed E-state index contributed by atoms with van der Waals surface area (Å²) in [5, 5.41) is 8.67. The van der Waals surface area contributed by atoms with E-state index in [1.807, 2.05) is 0 Å². The maximum Gasteiger partial charge on any atom is 0.196 e. The Hall–Kier alpha value is -0.750. The molecule has 0 radical (unpaired) electrons. The van der Waals surface area contributed by atoms with E-state index in [0.717, 1.165) is 0 Å². The second kappa shape index (κ2) is 2.01. The Morgan fingerprint density at radius 1 is 1.50 bits per heavy atom. The van der Waals surface area contributed by atoms with Gasteiger partial charge in [-0.1, -0.05) is 6.07 Å². The largest absolute Gasteiger partial charge is 0.505 e. The van der Waals surface area contributed by atoms with Gasteiger partial charge in [-0.05, 0) is 20.3 Å². The fourth-order valence-corrected chi connectivity index (χ4v) is 1.05. The van der Waals surface area contributed by atoms with Crippen LogP contribution in [0.15, 0.2) is 23.0 Å². The van der Waals surface area contributed by atoms with E-state index in [4.69, 9.17) is 5.11 Å². The van der Waals surface area contributed by atoms with Crippen LogP contribution in [0.1, 0.15) is 0 Å². The van der Waals surface area contributed by atoms with Crippen molar-refractivity contribution in [3.05, 3.63) is 28.2 Å². The first-order chi connectivity index (χ1) is 3.79. The third-order valence-electron chi connectivity index (χ3n) is 0.753. The number of aromatic hydroxyl groups is 1. The number of rotatable bonds is 0. The van der Waals surface area contributed by atoms with Gasteiger partial charge in [0, 0.05) is 0 Å². The molecule has 0 saturated carbocycles. The van der Waals surface area contributed by atoms with Gasteiger partial charge < -0.3 is 5.11 Å². The lowest BCUT2D eigenvalue weighted by Crippen LogP contribution is -1.83. The van der Waals surface area contributed by atoms with Crippen molar-refractivity contribution in [1.82, 2.24) is 0 Å². The van der Waals surface area contributed by atoms with Gasteiger partial charge in [0.15, 0.2) is 5.16 Å². The molecule has 1 unspecified atom stereocenters. The molecule has 3 heteroatoms. The molecule has 0 aliphatic rings. The van der Waals surface area contributed by atoms with Crippen LogP contribution in [-0.2, 0) is 0 Å². The second-order valence-electron chi connectivity index (χ2n) is 1.40. The van der Waals surface area contributed by atoms with Crippen molar-refractivity contribution in [3.63, 3.8) is 0 Å². The highest BCUT2D eigenvalue weighted by molar-refractivity contribution is 7.31. The summed E-state index contributed by atoms with van der Waals surface area (Å²) in [5.74, 6) is 0. The zero-order valence-corrected chi connectivity index (χ0v) is 5.09. The van der Waals surface area contributed by atoms with Crippen molar-refractivity contribution in [3.8, 4) is 5.48 Å². The van der Waals surface area contributed by atoms with E-state index >= 15 is 0 Å². The fourth-order valence-electron chi connectivity index (χ4n) is 0.436. The van der Waals surface area contributed by atoms with Gasteiger partial charge in [0.05, 0.1) is 0 Å². The first-order valence-corrected chi connectivity index (χ1v) is 3.17. The van der Waals surface area contributed by atoms with Crippen molar-refractivity contribution in [2.24, 2.45) is 0 Å². The lowest BCUT2D eigenvalue weighted by atomic mass is 10.6. The number of hydrogen-bond acceptors (Lipinski definition) is 2. The van der Waals surface area contributed by atoms with Crippen LogP contribution in [0.3, 0.4) is 0 Å². The molecule has 1 rings (SSSR count). The van der Waals surface area contributed by atoms with Crippen molar-refractivity contribution in [2.75, 3.05) is 0 Å². The lowest BCUT2D eigenvalue weighted by molar-refractivity contribution is 0.490. The molecule has 1 aromatic heterocycles. The average Bonchev–Trinajstić information content (AvgIpc) is 1.64. The van der Waals surface area contributed by atoms with E-state index in [0.29, 0.717) is 0 Å². The summed E-state index contributed by atoms with van der Waals surface area (Å²) in [5.41, 5.74) is 0.178. The molecule has 2 nitrogen and oxygen atoms in total. The smallest absolute Gasteiger partial charge is 0.196 e. The van der Waals surface area contributed by atoms with Gasteiger partial charge in [0.2, 0.25) is 0 Å². The maximum absolute atomic E-state index is 10.4. The Balaban J connectivity index is 3.28. The third-order valence-corrected chi connectivity index (χ3v) is 1.59. The molecular weight excluding hydrogens is 123 g/mol. The third kappa shape index (κ3) is 1.11. The van der Waals surface area contributed by atoms with E-state index in [9.17, 15) is 4.79 Å². The average molecular weight is 128 g/mol. The summed E-state index contributed by atoms with van der Waals surface area (Å²) in [7, 11) is -0.0598. The minimum absolute atomic E-state index is 0.00926. The van der Waals surface area contributed by atoms with Crippen LogP contribution in [0.2, 0.25) is 0 Å². The molecule has 1 heterocycles. The molecule has 1 N–H and O–H groups in total. The first-order valence-electron chi connectivity index (χ1n) is 2.17. The highest BCUT2D eigenvalue weighted by atomic mass is 31.0. The van der Waals surface area contributed by atoms with Crippen molar-refractivity contribution < 1.29 is 5.11 Å².